The summed E-state index contributed by atoms with van der Waals surface area (Å²) in [5.41, 5.74) is -0.798. The second kappa shape index (κ2) is 8.93. The van der Waals surface area contributed by atoms with Crippen LogP contribution in [0.25, 0.3) is 0 Å². The van der Waals surface area contributed by atoms with Crippen LogP contribution in [0.5, 0.6) is 0 Å². The normalized spacial score (nSPS) is 26.0. The van der Waals surface area contributed by atoms with Gasteiger partial charge in [-0.25, -0.2) is 0 Å². The maximum absolute atomic E-state index is 12.1. The quantitative estimate of drug-likeness (QED) is 0.724. The first-order valence-electron chi connectivity index (χ1n) is 7.97. The lowest BCUT2D eigenvalue weighted by molar-refractivity contribution is -0.127. The fourth-order valence-electron chi connectivity index (χ4n) is 2.99. The minimum absolute atomic E-state index is 0.139. The molecule has 1 fully saturated rings. The minimum Gasteiger partial charge on any atom is -0.387 e. The Kier molecular flexibility index (Phi) is 7.96. The molecule has 20 heavy (non-hydrogen) atoms. The molecule has 4 heteroatoms. The maximum atomic E-state index is 12.1. The lowest BCUT2D eigenvalue weighted by atomic mass is 9.79. The van der Waals surface area contributed by atoms with Crippen LogP contribution in [-0.2, 0) is 4.79 Å². The van der Waals surface area contributed by atoms with E-state index in [2.05, 4.69) is 12.2 Å². The molecular weight excluding hydrogens is 270 g/mol. The number of carbonyl (C=O) groups excluding carboxylic acids is 1. The SMILES string of the molecule is CCCCC1CCC(C(=O)NCC(C)(O)CSC)CC1. The van der Waals surface area contributed by atoms with Crippen molar-refractivity contribution in [3.63, 3.8) is 0 Å². The second-order valence-corrected chi connectivity index (χ2v) is 7.37. The summed E-state index contributed by atoms with van der Waals surface area (Å²) in [7, 11) is 0. The minimum atomic E-state index is -0.798. The van der Waals surface area contributed by atoms with E-state index in [9.17, 15) is 9.90 Å². The third-order valence-electron chi connectivity index (χ3n) is 4.28. The van der Waals surface area contributed by atoms with E-state index >= 15 is 0 Å². The van der Waals surface area contributed by atoms with Gasteiger partial charge in [0.15, 0.2) is 0 Å². The number of nitrogens with one attached hydrogen (secondary N) is 1. The van der Waals surface area contributed by atoms with Gasteiger partial charge in [-0.2, -0.15) is 11.8 Å². The Labute approximate surface area is 128 Å². The van der Waals surface area contributed by atoms with Crippen molar-refractivity contribution in [1.82, 2.24) is 5.32 Å². The molecule has 0 bridgehead atoms. The third-order valence-corrected chi connectivity index (χ3v) is 5.19. The van der Waals surface area contributed by atoms with Crippen LogP contribution in [-0.4, -0.2) is 35.2 Å². The number of aliphatic hydroxyl groups is 1. The van der Waals surface area contributed by atoms with Gasteiger partial charge in [-0.3, -0.25) is 4.79 Å². The van der Waals surface area contributed by atoms with Crippen LogP contribution in [0.2, 0.25) is 0 Å². The number of amides is 1. The molecule has 0 radical (unpaired) electrons. The van der Waals surface area contributed by atoms with Crippen molar-refractivity contribution < 1.29 is 9.90 Å². The molecule has 0 aromatic rings. The first-order valence-corrected chi connectivity index (χ1v) is 9.37. The van der Waals surface area contributed by atoms with E-state index in [1.807, 2.05) is 6.26 Å². The summed E-state index contributed by atoms with van der Waals surface area (Å²) >= 11 is 1.60. The van der Waals surface area contributed by atoms with Crippen LogP contribution < -0.4 is 5.32 Å². The maximum Gasteiger partial charge on any atom is 0.223 e. The Morgan fingerprint density at radius 1 is 1.35 bits per heavy atom. The zero-order valence-electron chi connectivity index (χ0n) is 13.3. The van der Waals surface area contributed by atoms with Crippen molar-refractivity contribution in [2.45, 2.75) is 64.4 Å². The summed E-state index contributed by atoms with van der Waals surface area (Å²) in [6.45, 7) is 4.38. The second-order valence-electron chi connectivity index (χ2n) is 6.51. The molecule has 0 aliphatic heterocycles. The van der Waals surface area contributed by atoms with Crippen LogP contribution in [0.4, 0.5) is 0 Å². The molecule has 0 spiro atoms. The molecular formula is C16H31NO2S. The van der Waals surface area contributed by atoms with Gasteiger partial charge in [0.1, 0.15) is 0 Å². The Hall–Kier alpha value is -0.220. The smallest absolute Gasteiger partial charge is 0.223 e. The van der Waals surface area contributed by atoms with E-state index in [4.69, 9.17) is 0 Å². The van der Waals surface area contributed by atoms with Crippen LogP contribution in [0, 0.1) is 11.8 Å². The fraction of sp³-hybridized carbons (Fsp3) is 0.938. The zero-order valence-corrected chi connectivity index (χ0v) is 14.1. The van der Waals surface area contributed by atoms with Gasteiger partial charge in [0, 0.05) is 18.2 Å². The molecule has 1 amide bonds. The monoisotopic (exact) mass is 301 g/mol. The highest BCUT2D eigenvalue weighted by molar-refractivity contribution is 7.98. The first-order chi connectivity index (χ1) is 9.48. The Morgan fingerprint density at radius 3 is 2.55 bits per heavy atom. The predicted molar refractivity (Wildman–Crippen MR) is 87.0 cm³/mol. The molecule has 1 rings (SSSR count). The molecule has 0 heterocycles. The van der Waals surface area contributed by atoms with Gasteiger partial charge >= 0.3 is 0 Å². The van der Waals surface area contributed by atoms with Crippen LogP contribution in [0.15, 0.2) is 0 Å². The third kappa shape index (κ3) is 6.49. The summed E-state index contributed by atoms with van der Waals surface area (Å²) in [6.07, 6.45) is 10.3. The van der Waals surface area contributed by atoms with Crippen molar-refractivity contribution in [2.75, 3.05) is 18.6 Å². The van der Waals surface area contributed by atoms with E-state index in [0.29, 0.717) is 12.3 Å². The van der Waals surface area contributed by atoms with Crippen molar-refractivity contribution >= 4 is 17.7 Å². The van der Waals surface area contributed by atoms with Gasteiger partial charge in [0.2, 0.25) is 5.91 Å². The number of carbonyl (C=O) groups is 1. The lowest BCUT2D eigenvalue weighted by Gasteiger charge is -2.29. The lowest BCUT2D eigenvalue weighted by Crippen LogP contribution is -2.44. The molecule has 1 unspecified atom stereocenters. The summed E-state index contributed by atoms with van der Waals surface area (Å²) < 4.78 is 0. The molecule has 3 nitrogen and oxygen atoms in total. The number of hydrogen-bond donors (Lipinski definition) is 2. The van der Waals surface area contributed by atoms with Gasteiger partial charge in [-0.1, -0.05) is 26.2 Å². The number of unbranched alkanes of at least 4 members (excludes halogenated alkanes) is 1. The zero-order chi connectivity index (χ0) is 15.0. The van der Waals surface area contributed by atoms with Gasteiger partial charge in [-0.05, 0) is 44.8 Å². The van der Waals surface area contributed by atoms with E-state index in [0.717, 1.165) is 18.8 Å². The molecule has 0 aromatic heterocycles. The summed E-state index contributed by atoms with van der Waals surface area (Å²) in [5, 5.41) is 13.0. The molecule has 1 saturated carbocycles. The summed E-state index contributed by atoms with van der Waals surface area (Å²) in [5.74, 6) is 1.79. The van der Waals surface area contributed by atoms with Crippen LogP contribution in [0.3, 0.4) is 0 Å². The van der Waals surface area contributed by atoms with Gasteiger partial charge in [0.25, 0.3) is 0 Å². The predicted octanol–water partition coefficient (Wildman–Crippen LogP) is 3.21. The average Bonchev–Trinajstić information content (AvgIpc) is 2.43. The van der Waals surface area contributed by atoms with Crippen LogP contribution in [0.1, 0.15) is 58.8 Å². The first kappa shape index (κ1) is 17.8. The largest absolute Gasteiger partial charge is 0.387 e. The molecule has 0 aromatic carbocycles. The van der Waals surface area contributed by atoms with Crippen LogP contribution >= 0.6 is 11.8 Å². The molecule has 1 aliphatic rings. The van der Waals surface area contributed by atoms with Crippen molar-refractivity contribution in [1.29, 1.82) is 0 Å². The Bertz CT molecular complexity index is 286. The standard InChI is InChI=1S/C16H31NO2S/c1-4-5-6-13-7-9-14(10-8-13)15(18)17-11-16(2,19)12-20-3/h13-14,19H,4-12H2,1-3H3,(H,17,18). The highest BCUT2D eigenvalue weighted by atomic mass is 32.2. The average molecular weight is 301 g/mol. The molecule has 1 atom stereocenters. The molecule has 2 N–H and O–H groups in total. The number of thioether (sulfide) groups is 1. The highest BCUT2D eigenvalue weighted by Gasteiger charge is 2.27. The van der Waals surface area contributed by atoms with E-state index in [1.54, 1.807) is 18.7 Å². The molecule has 0 saturated heterocycles. The van der Waals surface area contributed by atoms with Crippen molar-refractivity contribution in [3.05, 3.63) is 0 Å². The van der Waals surface area contributed by atoms with Crippen molar-refractivity contribution in [3.8, 4) is 0 Å². The van der Waals surface area contributed by atoms with E-state index in [-0.39, 0.29) is 11.8 Å². The van der Waals surface area contributed by atoms with Crippen molar-refractivity contribution in [2.24, 2.45) is 11.8 Å². The topological polar surface area (TPSA) is 49.3 Å². The molecule has 118 valence electrons. The number of hydrogen-bond acceptors (Lipinski definition) is 3. The van der Waals surface area contributed by atoms with Gasteiger partial charge < -0.3 is 10.4 Å². The van der Waals surface area contributed by atoms with Gasteiger partial charge in [0.05, 0.1) is 5.60 Å². The van der Waals surface area contributed by atoms with E-state index in [1.165, 1.54) is 32.1 Å². The summed E-state index contributed by atoms with van der Waals surface area (Å²) in [4.78, 5) is 12.1. The fourth-order valence-corrected chi connectivity index (χ4v) is 3.71. The molecule has 1 aliphatic carbocycles. The van der Waals surface area contributed by atoms with Gasteiger partial charge in [-0.15, -0.1) is 0 Å². The summed E-state index contributed by atoms with van der Waals surface area (Å²) in [6, 6.07) is 0. The highest BCUT2D eigenvalue weighted by Crippen LogP contribution is 2.32. The van der Waals surface area contributed by atoms with E-state index < -0.39 is 5.60 Å². The Balaban J connectivity index is 2.25. The number of rotatable bonds is 8. The Morgan fingerprint density at radius 2 is 2.00 bits per heavy atom.